The van der Waals surface area contributed by atoms with Crippen LogP contribution in [0.5, 0.6) is 0 Å². The van der Waals surface area contributed by atoms with Gasteiger partial charge >= 0.3 is 0 Å². The normalized spacial score (nSPS) is 23.0. The van der Waals surface area contributed by atoms with Gasteiger partial charge in [0.05, 0.1) is 25.4 Å². The van der Waals surface area contributed by atoms with Gasteiger partial charge in [-0.05, 0) is 64.2 Å². The minimum absolute atomic E-state index is 0.206. The number of hydrogen-bond donors (Lipinski definition) is 6. The Morgan fingerprint density at radius 1 is 0.694 bits per heavy atom. The molecule has 9 nitrogen and oxygen atoms in total. The average molecular weight is 694 g/mol. The highest BCUT2D eigenvalue weighted by Gasteiger charge is 2.44. The zero-order valence-electron chi connectivity index (χ0n) is 30.7. The average Bonchev–Trinajstić information content (AvgIpc) is 3.10. The first-order valence-electron chi connectivity index (χ1n) is 19.4. The van der Waals surface area contributed by atoms with Crippen LogP contribution in [-0.2, 0) is 14.3 Å². The van der Waals surface area contributed by atoms with Gasteiger partial charge in [-0.15, -0.1) is 0 Å². The summed E-state index contributed by atoms with van der Waals surface area (Å²) in [6, 6.07) is -0.826. The highest BCUT2D eigenvalue weighted by Crippen LogP contribution is 2.22. The van der Waals surface area contributed by atoms with Gasteiger partial charge in [-0.3, -0.25) is 4.79 Å². The summed E-state index contributed by atoms with van der Waals surface area (Å²) in [5, 5.41) is 53.8. The zero-order valence-corrected chi connectivity index (χ0v) is 30.7. The van der Waals surface area contributed by atoms with Crippen molar-refractivity contribution in [3.05, 3.63) is 48.6 Å². The summed E-state index contributed by atoms with van der Waals surface area (Å²) in [7, 11) is 0. The van der Waals surface area contributed by atoms with Gasteiger partial charge < -0.3 is 40.3 Å². The number of allylic oxidation sites excluding steroid dienone is 7. The topological polar surface area (TPSA) is 149 Å². The third-order valence-corrected chi connectivity index (χ3v) is 8.88. The van der Waals surface area contributed by atoms with E-state index < -0.39 is 49.5 Å². The summed E-state index contributed by atoms with van der Waals surface area (Å²) in [5.41, 5.74) is 0. The van der Waals surface area contributed by atoms with E-state index in [2.05, 4.69) is 55.6 Å². The molecule has 0 spiro atoms. The van der Waals surface area contributed by atoms with E-state index >= 15 is 0 Å². The standard InChI is InChI=1S/C40H71NO8/c1-3-5-7-9-11-13-15-16-17-18-20-22-24-26-28-30-36(44)41-33(32-48-40-39(47)38(46)37(45)35(31-42)49-40)34(43)29-27-25-23-21-19-14-12-10-8-6-4-2/h11,13,16-17,19,21,27,29,33-35,37-40,42-43,45-47H,3-10,12,14-15,18,20,22-26,28,30-32H2,1-2H3,(H,41,44)/b13-11+,17-16+,21-19+,29-27+/t33-,34+,35-,37-,38?,39?,40-/m0/s1. The molecule has 9 heteroatoms. The molecule has 1 heterocycles. The molecule has 0 bridgehead atoms. The quantitative estimate of drug-likeness (QED) is 0.0359. The van der Waals surface area contributed by atoms with Crippen LogP contribution in [-0.4, -0.2) is 87.5 Å². The summed E-state index contributed by atoms with van der Waals surface area (Å²) in [4.78, 5) is 12.8. The number of aliphatic hydroxyl groups excluding tert-OH is 5. The predicted octanol–water partition coefficient (Wildman–Crippen LogP) is 6.72. The first kappa shape index (κ1) is 45.2. The Hall–Kier alpha value is -1.85. The lowest BCUT2D eigenvalue weighted by Gasteiger charge is -2.40. The fraction of sp³-hybridized carbons (Fsp3) is 0.775. The summed E-state index contributed by atoms with van der Waals surface area (Å²) >= 11 is 0. The largest absolute Gasteiger partial charge is 0.394 e. The van der Waals surface area contributed by atoms with Crippen molar-refractivity contribution < 1.29 is 39.8 Å². The highest BCUT2D eigenvalue weighted by atomic mass is 16.7. The molecule has 0 aliphatic carbocycles. The molecule has 6 N–H and O–H groups in total. The Morgan fingerprint density at radius 2 is 1.22 bits per heavy atom. The van der Waals surface area contributed by atoms with E-state index in [-0.39, 0.29) is 12.5 Å². The second kappa shape index (κ2) is 30.9. The third-order valence-electron chi connectivity index (χ3n) is 8.88. The van der Waals surface area contributed by atoms with E-state index in [1.807, 2.05) is 6.08 Å². The molecule has 2 unspecified atom stereocenters. The molecule has 1 aliphatic rings. The van der Waals surface area contributed by atoms with Crippen LogP contribution in [0.3, 0.4) is 0 Å². The predicted molar refractivity (Wildman–Crippen MR) is 198 cm³/mol. The van der Waals surface area contributed by atoms with Crippen LogP contribution in [0.4, 0.5) is 0 Å². The maximum Gasteiger partial charge on any atom is 0.220 e. The number of amides is 1. The molecular formula is C40H71NO8. The molecule has 1 rings (SSSR count). The van der Waals surface area contributed by atoms with Crippen LogP contribution in [0, 0.1) is 0 Å². The molecule has 0 aromatic rings. The zero-order chi connectivity index (χ0) is 36.0. The van der Waals surface area contributed by atoms with Crippen molar-refractivity contribution >= 4 is 5.91 Å². The number of ether oxygens (including phenoxy) is 2. The number of carbonyl (C=O) groups excluding carboxylic acids is 1. The number of unbranched alkanes of at least 4 members (excludes halogenated alkanes) is 14. The van der Waals surface area contributed by atoms with Crippen molar-refractivity contribution in [1.82, 2.24) is 5.32 Å². The van der Waals surface area contributed by atoms with Crippen LogP contribution >= 0.6 is 0 Å². The van der Waals surface area contributed by atoms with Gasteiger partial charge in [0, 0.05) is 6.42 Å². The van der Waals surface area contributed by atoms with E-state index in [0.29, 0.717) is 6.42 Å². The number of rotatable bonds is 30. The Balaban J connectivity index is 2.48. The number of hydrogen-bond acceptors (Lipinski definition) is 8. The molecule has 0 aromatic carbocycles. The third kappa shape index (κ3) is 22.6. The van der Waals surface area contributed by atoms with Crippen molar-refractivity contribution in [1.29, 1.82) is 0 Å². The van der Waals surface area contributed by atoms with Crippen molar-refractivity contribution in [2.24, 2.45) is 0 Å². The monoisotopic (exact) mass is 694 g/mol. The molecule has 7 atom stereocenters. The number of nitrogens with one attached hydrogen (secondary N) is 1. The summed E-state index contributed by atoms with van der Waals surface area (Å²) in [5.74, 6) is -0.206. The van der Waals surface area contributed by atoms with Gasteiger partial charge in [-0.2, -0.15) is 0 Å². The van der Waals surface area contributed by atoms with Gasteiger partial charge in [-0.25, -0.2) is 0 Å². The van der Waals surface area contributed by atoms with E-state index in [1.165, 1.54) is 57.8 Å². The van der Waals surface area contributed by atoms with Crippen LogP contribution in [0.25, 0.3) is 0 Å². The van der Waals surface area contributed by atoms with Crippen molar-refractivity contribution in [3.63, 3.8) is 0 Å². The lowest BCUT2D eigenvalue weighted by Crippen LogP contribution is -2.60. The van der Waals surface area contributed by atoms with Crippen LogP contribution in [0.2, 0.25) is 0 Å². The van der Waals surface area contributed by atoms with E-state index in [1.54, 1.807) is 6.08 Å². The Kier molecular flexibility index (Phi) is 28.5. The van der Waals surface area contributed by atoms with E-state index in [4.69, 9.17) is 9.47 Å². The summed E-state index contributed by atoms with van der Waals surface area (Å²) in [6.07, 6.45) is 30.1. The molecule has 1 fully saturated rings. The Labute approximate surface area is 297 Å². The summed E-state index contributed by atoms with van der Waals surface area (Å²) in [6.45, 7) is 3.66. The molecule has 0 saturated carbocycles. The second-order valence-electron chi connectivity index (χ2n) is 13.4. The molecule has 49 heavy (non-hydrogen) atoms. The van der Waals surface area contributed by atoms with E-state index in [9.17, 15) is 30.3 Å². The van der Waals surface area contributed by atoms with Crippen molar-refractivity contribution in [3.8, 4) is 0 Å². The fourth-order valence-corrected chi connectivity index (χ4v) is 5.67. The lowest BCUT2D eigenvalue weighted by molar-refractivity contribution is -0.302. The van der Waals surface area contributed by atoms with Gasteiger partial charge in [0.2, 0.25) is 5.91 Å². The molecule has 1 amide bonds. The lowest BCUT2D eigenvalue weighted by atomic mass is 9.99. The number of aliphatic hydroxyl groups is 5. The maximum absolute atomic E-state index is 12.8. The molecule has 0 aromatic heterocycles. The van der Waals surface area contributed by atoms with Crippen molar-refractivity contribution in [2.75, 3.05) is 13.2 Å². The molecule has 284 valence electrons. The van der Waals surface area contributed by atoms with Crippen molar-refractivity contribution in [2.45, 2.75) is 185 Å². The van der Waals surface area contributed by atoms with Crippen LogP contribution in [0.15, 0.2) is 48.6 Å². The van der Waals surface area contributed by atoms with E-state index in [0.717, 1.165) is 64.2 Å². The van der Waals surface area contributed by atoms with Crippen LogP contribution in [0.1, 0.15) is 142 Å². The smallest absolute Gasteiger partial charge is 0.220 e. The Morgan fingerprint density at radius 3 is 1.88 bits per heavy atom. The highest BCUT2D eigenvalue weighted by molar-refractivity contribution is 5.76. The van der Waals surface area contributed by atoms with Crippen LogP contribution < -0.4 is 5.32 Å². The second-order valence-corrected chi connectivity index (χ2v) is 13.4. The first-order valence-corrected chi connectivity index (χ1v) is 19.4. The van der Waals surface area contributed by atoms with Gasteiger partial charge in [-0.1, -0.05) is 120 Å². The maximum atomic E-state index is 12.8. The first-order chi connectivity index (χ1) is 23.8. The van der Waals surface area contributed by atoms with Gasteiger partial charge in [0.15, 0.2) is 6.29 Å². The molecule has 1 saturated heterocycles. The Bertz CT molecular complexity index is 905. The SMILES string of the molecule is CCCCC/C=C/C/C=C/CCCCCCCC(=O)N[C@@H](CO[C@H]1O[C@@H](CO)[C@H](O)C(O)C1O)[C@H](O)/C=C/CC/C=C/CCCCCCC. The van der Waals surface area contributed by atoms with Gasteiger partial charge in [0.25, 0.3) is 0 Å². The molecule has 0 radical (unpaired) electrons. The molecule has 1 aliphatic heterocycles. The summed E-state index contributed by atoms with van der Waals surface area (Å²) < 4.78 is 11.1. The van der Waals surface area contributed by atoms with Gasteiger partial charge in [0.1, 0.15) is 24.4 Å². The fourth-order valence-electron chi connectivity index (χ4n) is 5.67. The molecular weight excluding hydrogens is 622 g/mol. The number of carbonyl (C=O) groups is 1. The minimum Gasteiger partial charge on any atom is -0.394 e. The minimum atomic E-state index is -1.57.